The van der Waals surface area contributed by atoms with E-state index in [1.165, 1.54) is 6.92 Å². The number of carboxylic acids is 1. The summed E-state index contributed by atoms with van der Waals surface area (Å²) < 4.78 is 0. The van der Waals surface area contributed by atoms with Gasteiger partial charge in [-0.05, 0) is 26.2 Å². The number of nitrogens with zero attached hydrogens (tertiary/aromatic N) is 2. The molecule has 0 aromatic heterocycles. The Balaban J connectivity index is 1.88. The van der Waals surface area contributed by atoms with E-state index in [0.717, 1.165) is 12.8 Å². The lowest BCUT2D eigenvalue weighted by Crippen LogP contribution is -2.51. The van der Waals surface area contributed by atoms with E-state index in [0.29, 0.717) is 26.1 Å². The second-order valence-electron chi connectivity index (χ2n) is 5.91. The van der Waals surface area contributed by atoms with E-state index in [9.17, 15) is 14.4 Å². The van der Waals surface area contributed by atoms with Crippen molar-refractivity contribution < 1.29 is 19.5 Å². The van der Waals surface area contributed by atoms with Crippen LogP contribution < -0.4 is 5.32 Å². The molecule has 118 valence electrons. The van der Waals surface area contributed by atoms with Crippen molar-refractivity contribution in [2.75, 3.05) is 19.6 Å². The monoisotopic (exact) mass is 297 g/mol. The van der Waals surface area contributed by atoms with Gasteiger partial charge < -0.3 is 20.2 Å². The van der Waals surface area contributed by atoms with Gasteiger partial charge in [0.05, 0.1) is 5.92 Å². The van der Waals surface area contributed by atoms with Crippen molar-refractivity contribution in [2.24, 2.45) is 5.92 Å². The molecule has 0 spiro atoms. The molecule has 0 radical (unpaired) electrons. The molecule has 0 aliphatic carbocycles. The third-order valence-electron chi connectivity index (χ3n) is 4.49. The number of amides is 3. The SMILES string of the molecule is CC(=O)NC1CCN(C(=O)N2CCC(C(=O)O)C2C)CC1. The van der Waals surface area contributed by atoms with Gasteiger partial charge in [-0.25, -0.2) is 4.79 Å². The van der Waals surface area contributed by atoms with Crippen molar-refractivity contribution in [1.29, 1.82) is 0 Å². The van der Waals surface area contributed by atoms with Crippen LogP contribution in [0.4, 0.5) is 4.79 Å². The zero-order valence-electron chi connectivity index (χ0n) is 12.5. The Hall–Kier alpha value is -1.79. The molecule has 21 heavy (non-hydrogen) atoms. The van der Waals surface area contributed by atoms with E-state index < -0.39 is 11.9 Å². The molecule has 3 amide bonds. The zero-order chi connectivity index (χ0) is 15.6. The first kappa shape index (κ1) is 15.6. The maximum Gasteiger partial charge on any atom is 0.320 e. The third kappa shape index (κ3) is 3.46. The Morgan fingerprint density at radius 3 is 2.19 bits per heavy atom. The summed E-state index contributed by atoms with van der Waals surface area (Å²) in [6.45, 7) is 5.00. The van der Waals surface area contributed by atoms with Crippen molar-refractivity contribution >= 4 is 17.9 Å². The molecule has 0 aromatic rings. The van der Waals surface area contributed by atoms with Crippen LogP contribution in [-0.2, 0) is 9.59 Å². The van der Waals surface area contributed by atoms with E-state index in [-0.39, 0.29) is 24.0 Å². The van der Waals surface area contributed by atoms with Crippen LogP contribution in [0.1, 0.15) is 33.1 Å². The van der Waals surface area contributed by atoms with Crippen molar-refractivity contribution in [1.82, 2.24) is 15.1 Å². The minimum Gasteiger partial charge on any atom is -0.481 e. The maximum atomic E-state index is 12.5. The van der Waals surface area contributed by atoms with Crippen LogP contribution in [0.3, 0.4) is 0 Å². The summed E-state index contributed by atoms with van der Waals surface area (Å²) in [5, 5.41) is 12.0. The first-order chi connectivity index (χ1) is 9.90. The lowest BCUT2D eigenvalue weighted by molar-refractivity contribution is -0.142. The summed E-state index contributed by atoms with van der Waals surface area (Å²) in [6.07, 6.45) is 2.01. The summed E-state index contributed by atoms with van der Waals surface area (Å²) in [4.78, 5) is 38.0. The molecule has 2 aliphatic heterocycles. The number of rotatable bonds is 2. The first-order valence-corrected chi connectivity index (χ1v) is 7.45. The van der Waals surface area contributed by atoms with Gasteiger partial charge in [0.1, 0.15) is 0 Å². The molecule has 7 heteroatoms. The van der Waals surface area contributed by atoms with Gasteiger partial charge in [0.25, 0.3) is 0 Å². The molecule has 2 N–H and O–H groups in total. The molecule has 7 nitrogen and oxygen atoms in total. The van der Waals surface area contributed by atoms with E-state index in [4.69, 9.17) is 5.11 Å². The van der Waals surface area contributed by atoms with E-state index in [1.807, 2.05) is 0 Å². The fourth-order valence-corrected chi connectivity index (χ4v) is 3.22. The highest BCUT2D eigenvalue weighted by atomic mass is 16.4. The number of urea groups is 1. The Morgan fingerprint density at radius 1 is 1.10 bits per heavy atom. The number of nitrogens with one attached hydrogen (secondary N) is 1. The van der Waals surface area contributed by atoms with Gasteiger partial charge >= 0.3 is 12.0 Å². The Kier molecular flexibility index (Phi) is 4.69. The van der Waals surface area contributed by atoms with E-state index >= 15 is 0 Å². The number of aliphatic carboxylic acids is 1. The van der Waals surface area contributed by atoms with Crippen LogP contribution in [-0.4, -0.2) is 64.5 Å². The number of carbonyl (C=O) groups is 3. The van der Waals surface area contributed by atoms with Gasteiger partial charge in [-0.3, -0.25) is 9.59 Å². The number of carboxylic acid groups (broad SMARTS) is 1. The van der Waals surface area contributed by atoms with E-state index in [2.05, 4.69) is 5.32 Å². The van der Waals surface area contributed by atoms with Gasteiger partial charge in [-0.15, -0.1) is 0 Å². The number of hydrogen-bond acceptors (Lipinski definition) is 3. The van der Waals surface area contributed by atoms with Crippen LogP contribution in [0.15, 0.2) is 0 Å². The molecule has 2 rings (SSSR count). The maximum absolute atomic E-state index is 12.5. The molecule has 2 aliphatic rings. The van der Waals surface area contributed by atoms with Crippen molar-refractivity contribution in [3.05, 3.63) is 0 Å². The molecule has 2 heterocycles. The summed E-state index contributed by atoms with van der Waals surface area (Å²) in [5.41, 5.74) is 0. The van der Waals surface area contributed by atoms with Crippen LogP contribution in [0.5, 0.6) is 0 Å². The lowest BCUT2D eigenvalue weighted by Gasteiger charge is -2.36. The van der Waals surface area contributed by atoms with Crippen LogP contribution in [0.25, 0.3) is 0 Å². The predicted octanol–water partition coefficient (Wildman–Crippen LogP) is 0.502. The molecule has 2 atom stereocenters. The van der Waals surface area contributed by atoms with Crippen LogP contribution in [0.2, 0.25) is 0 Å². The molecular formula is C14H23N3O4. The van der Waals surface area contributed by atoms with Crippen molar-refractivity contribution in [3.8, 4) is 0 Å². The Labute approximate surface area is 124 Å². The zero-order valence-corrected chi connectivity index (χ0v) is 12.5. The molecule has 2 saturated heterocycles. The van der Waals surface area contributed by atoms with Crippen LogP contribution in [0, 0.1) is 5.92 Å². The normalized spacial score (nSPS) is 26.8. The molecule has 0 saturated carbocycles. The minimum atomic E-state index is -0.831. The standard InChI is InChI=1S/C14H23N3O4/c1-9-12(13(19)20)5-8-17(9)14(21)16-6-3-11(4-7-16)15-10(2)18/h9,11-12H,3-8H2,1-2H3,(H,15,18)(H,19,20). The van der Waals surface area contributed by atoms with Crippen molar-refractivity contribution in [3.63, 3.8) is 0 Å². The topological polar surface area (TPSA) is 90.0 Å². The highest BCUT2D eigenvalue weighted by Gasteiger charge is 2.40. The fourth-order valence-electron chi connectivity index (χ4n) is 3.22. The second kappa shape index (κ2) is 6.32. The second-order valence-corrected chi connectivity index (χ2v) is 5.91. The first-order valence-electron chi connectivity index (χ1n) is 7.45. The van der Waals surface area contributed by atoms with Gasteiger partial charge in [-0.2, -0.15) is 0 Å². The number of piperidine rings is 1. The fraction of sp³-hybridized carbons (Fsp3) is 0.786. The number of likely N-dealkylation sites (tertiary alicyclic amines) is 2. The summed E-state index contributed by atoms with van der Waals surface area (Å²) in [6, 6.07) is -0.204. The van der Waals surface area contributed by atoms with Gasteiger partial charge in [0.2, 0.25) is 5.91 Å². The highest BCUT2D eigenvalue weighted by Crippen LogP contribution is 2.26. The minimum absolute atomic E-state index is 0.0442. The van der Waals surface area contributed by atoms with E-state index in [1.54, 1.807) is 16.7 Å². The number of carbonyl (C=O) groups excluding carboxylic acids is 2. The quantitative estimate of drug-likeness (QED) is 0.776. The molecule has 0 aromatic carbocycles. The smallest absolute Gasteiger partial charge is 0.320 e. The van der Waals surface area contributed by atoms with Crippen molar-refractivity contribution in [2.45, 2.75) is 45.2 Å². The summed E-state index contributed by atoms with van der Waals surface area (Å²) in [7, 11) is 0. The molecule has 2 unspecified atom stereocenters. The molecular weight excluding hydrogens is 274 g/mol. The Bertz CT molecular complexity index is 432. The number of hydrogen-bond donors (Lipinski definition) is 2. The average Bonchev–Trinajstić information content (AvgIpc) is 2.80. The largest absolute Gasteiger partial charge is 0.481 e. The molecule has 0 bridgehead atoms. The predicted molar refractivity (Wildman–Crippen MR) is 75.7 cm³/mol. The van der Waals surface area contributed by atoms with Gasteiger partial charge in [0, 0.05) is 38.6 Å². The Morgan fingerprint density at radius 2 is 1.71 bits per heavy atom. The van der Waals surface area contributed by atoms with Gasteiger partial charge in [-0.1, -0.05) is 0 Å². The summed E-state index contributed by atoms with van der Waals surface area (Å²) in [5.74, 6) is -1.34. The third-order valence-corrected chi connectivity index (χ3v) is 4.49. The molecule has 2 fully saturated rings. The van der Waals surface area contributed by atoms with Gasteiger partial charge in [0.15, 0.2) is 0 Å². The lowest BCUT2D eigenvalue weighted by atomic mass is 10.0. The summed E-state index contributed by atoms with van der Waals surface area (Å²) >= 11 is 0. The average molecular weight is 297 g/mol. The van der Waals surface area contributed by atoms with Crippen LogP contribution >= 0.6 is 0 Å². The highest BCUT2D eigenvalue weighted by molar-refractivity contribution is 5.78.